The van der Waals surface area contributed by atoms with E-state index in [9.17, 15) is 0 Å². The summed E-state index contributed by atoms with van der Waals surface area (Å²) in [6.07, 6.45) is 5.08. The number of aromatic nitrogens is 2. The van der Waals surface area contributed by atoms with Gasteiger partial charge in [0.15, 0.2) is 0 Å². The second-order valence-electron chi connectivity index (χ2n) is 3.19. The van der Waals surface area contributed by atoms with Crippen molar-refractivity contribution >= 4 is 10.9 Å². The fourth-order valence-corrected chi connectivity index (χ4v) is 1.59. The Balaban J connectivity index is 2.64. The largest absolute Gasteiger partial charge is 0.348 e. The van der Waals surface area contributed by atoms with Gasteiger partial charge < -0.3 is 4.57 Å². The summed E-state index contributed by atoms with van der Waals surface area (Å²) in [5, 5.41) is 1.24. The fourth-order valence-electron chi connectivity index (χ4n) is 1.59. The molecule has 0 aliphatic heterocycles. The Bertz CT molecular complexity index is 415. The molecule has 0 radical (unpaired) electrons. The minimum atomic E-state index is 1.00. The summed E-state index contributed by atoms with van der Waals surface area (Å²) in [7, 11) is 0. The molecule has 0 bridgehead atoms. The Hall–Kier alpha value is -1.31. The van der Waals surface area contributed by atoms with Crippen molar-refractivity contribution in [1.82, 2.24) is 9.55 Å². The Morgan fingerprint density at radius 2 is 2.23 bits per heavy atom. The molecule has 2 aromatic heterocycles. The molecule has 2 rings (SSSR count). The van der Waals surface area contributed by atoms with Crippen molar-refractivity contribution in [1.29, 1.82) is 0 Å². The maximum absolute atomic E-state index is 4.36. The summed E-state index contributed by atoms with van der Waals surface area (Å²) in [4.78, 5) is 4.36. The van der Waals surface area contributed by atoms with Gasteiger partial charge in [-0.15, -0.1) is 0 Å². The maximum atomic E-state index is 4.36. The molecule has 0 aliphatic carbocycles. The summed E-state index contributed by atoms with van der Waals surface area (Å²) in [5.74, 6) is 0. The van der Waals surface area contributed by atoms with Crippen molar-refractivity contribution in [3.05, 3.63) is 30.2 Å². The lowest BCUT2D eigenvalue weighted by Crippen LogP contribution is -1.92. The van der Waals surface area contributed by atoms with Crippen LogP contribution in [0.5, 0.6) is 0 Å². The molecule has 2 heteroatoms. The standard InChI is InChI=1S/C11H14N2/c1-3-10-7-11-9(8-12-10)5-6-13(11)4-2/h5-8H,3-4H2,1-2H3. The smallest absolute Gasteiger partial charge is 0.0514 e. The van der Waals surface area contributed by atoms with Crippen LogP contribution in [-0.2, 0) is 13.0 Å². The average molecular weight is 174 g/mol. The number of hydrogen-bond donors (Lipinski definition) is 0. The van der Waals surface area contributed by atoms with E-state index >= 15 is 0 Å². The fraction of sp³-hybridized carbons (Fsp3) is 0.364. The number of fused-ring (bicyclic) bond motifs is 1. The molecule has 0 atom stereocenters. The molecule has 0 saturated carbocycles. The van der Waals surface area contributed by atoms with Gasteiger partial charge in [0.1, 0.15) is 0 Å². The average Bonchev–Trinajstić information content (AvgIpc) is 2.59. The highest BCUT2D eigenvalue weighted by atomic mass is 14.9. The highest BCUT2D eigenvalue weighted by molar-refractivity contribution is 5.79. The molecule has 0 amide bonds. The first-order valence-corrected chi connectivity index (χ1v) is 4.79. The Labute approximate surface area is 78.2 Å². The lowest BCUT2D eigenvalue weighted by atomic mass is 10.2. The Kier molecular flexibility index (Phi) is 2.05. The van der Waals surface area contributed by atoms with Crippen LogP contribution in [0.3, 0.4) is 0 Å². The lowest BCUT2D eigenvalue weighted by Gasteiger charge is -2.01. The van der Waals surface area contributed by atoms with E-state index in [0.29, 0.717) is 0 Å². The molecule has 0 fully saturated rings. The van der Waals surface area contributed by atoms with Crippen LogP contribution in [0.25, 0.3) is 10.9 Å². The zero-order valence-electron chi connectivity index (χ0n) is 8.12. The molecule has 0 N–H and O–H groups in total. The lowest BCUT2D eigenvalue weighted by molar-refractivity contribution is 0.796. The van der Waals surface area contributed by atoms with Gasteiger partial charge >= 0.3 is 0 Å². The summed E-state index contributed by atoms with van der Waals surface area (Å²) in [6.45, 7) is 5.32. The van der Waals surface area contributed by atoms with Crippen LogP contribution in [0.1, 0.15) is 19.5 Å². The van der Waals surface area contributed by atoms with E-state index in [1.165, 1.54) is 16.6 Å². The van der Waals surface area contributed by atoms with E-state index in [1.54, 1.807) is 0 Å². The second kappa shape index (κ2) is 3.21. The quantitative estimate of drug-likeness (QED) is 0.684. The number of hydrogen-bond acceptors (Lipinski definition) is 1. The van der Waals surface area contributed by atoms with E-state index < -0.39 is 0 Å². The molecule has 2 nitrogen and oxygen atoms in total. The second-order valence-corrected chi connectivity index (χ2v) is 3.19. The number of rotatable bonds is 2. The minimum absolute atomic E-state index is 1.00. The predicted molar refractivity (Wildman–Crippen MR) is 54.8 cm³/mol. The normalized spacial score (nSPS) is 10.9. The van der Waals surface area contributed by atoms with Crippen LogP contribution in [0, 0.1) is 0 Å². The molecule has 0 unspecified atom stereocenters. The predicted octanol–water partition coefficient (Wildman–Crippen LogP) is 2.62. The summed E-state index contributed by atoms with van der Waals surface area (Å²) < 4.78 is 2.25. The van der Waals surface area contributed by atoms with Crippen LogP contribution in [0.4, 0.5) is 0 Å². The molecule has 68 valence electrons. The minimum Gasteiger partial charge on any atom is -0.348 e. The van der Waals surface area contributed by atoms with Crippen molar-refractivity contribution in [3.63, 3.8) is 0 Å². The van der Waals surface area contributed by atoms with E-state index in [1.807, 2.05) is 6.20 Å². The molecule has 0 spiro atoms. The third-order valence-corrected chi connectivity index (χ3v) is 2.41. The first-order valence-electron chi connectivity index (χ1n) is 4.79. The van der Waals surface area contributed by atoms with Gasteiger partial charge in [0, 0.05) is 30.0 Å². The van der Waals surface area contributed by atoms with Crippen LogP contribution >= 0.6 is 0 Å². The first kappa shape index (κ1) is 8.30. The van der Waals surface area contributed by atoms with E-state index in [4.69, 9.17) is 0 Å². The Morgan fingerprint density at radius 1 is 1.38 bits per heavy atom. The van der Waals surface area contributed by atoms with E-state index in [2.05, 4.69) is 41.7 Å². The number of pyridine rings is 1. The molecular formula is C11H14N2. The third kappa shape index (κ3) is 1.32. The molecule has 2 heterocycles. The third-order valence-electron chi connectivity index (χ3n) is 2.41. The maximum Gasteiger partial charge on any atom is 0.0514 e. The van der Waals surface area contributed by atoms with Gasteiger partial charge in [-0.05, 0) is 25.5 Å². The van der Waals surface area contributed by atoms with Gasteiger partial charge in [-0.3, -0.25) is 4.98 Å². The SMILES string of the molecule is CCc1cc2c(ccn2CC)cn1. The molecule has 13 heavy (non-hydrogen) atoms. The van der Waals surface area contributed by atoms with Crippen LogP contribution in [-0.4, -0.2) is 9.55 Å². The van der Waals surface area contributed by atoms with Crippen LogP contribution in [0.2, 0.25) is 0 Å². The molecule has 0 aromatic carbocycles. The van der Waals surface area contributed by atoms with Gasteiger partial charge in [-0.1, -0.05) is 6.92 Å². The molecular weight excluding hydrogens is 160 g/mol. The van der Waals surface area contributed by atoms with Crippen molar-refractivity contribution < 1.29 is 0 Å². The summed E-state index contributed by atoms with van der Waals surface area (Å²) in [5.41, 5.74) is 2.47. The zero-order valence-corrected chi connectivity index (χ0v) is 8.12. The van der Waals surface area contributed by atoms with Gasteiger partial charge in [-0.25, -0.2) is 0 Å². The van der Waals surface area contributed by atoms with Crippen molar-refractivity contribution in [2.45, 2.75) is 26.8 Å². The van der Waals surface area contributed by atoms with Gasteiger partial charge in [0.2, 0.25) is 0 Å². The van der Waals surface area contributed by atoms with Crippen molar-refractivity contribution in [3.8, 4) is 0 Å². The van der Waals surface area contributed by atoms with E-state index in [-0.39, 0.29) is 0 Å². The molecule has 0 saturated heterocycles. The van der Waals surface area contributed by atoms with Crippen LogP contribution < -0.4 is 0 Å². The summed E-state index contributed by atoms with van der Waals surface area (Å²) >= 11 is 0. The monoisotopic (exact) mass is 174 g/mol. The number of nitrogens with zero attached hydrogens (tertiary/aromatic N) is 2. The van der Waals surface area contributed by atoms with E-state index in [0.717, 1.165) is 13.0 Å². The van der Waals surface area contributed by atoms with Crippen molar-refractivity contribution in [2.75, 3.05) is 0 Å². The molecule has 2 aromatic rings. The number of aryl methyl sites for hydroxylation is 2. The highest BCUT2D eigenvalue weighted by Gasteiger charge is 2.00. The molecule has 0 aliphatic rings. The topological polar surface area (TPSA) is 17.8 Å². The highest BCUT2D eigenvalue weighted by Crippen LogP contribution is 2.15. The summed E-state index contributed by atoms with van der Waals surface area (Å²) in [6, 6.07) is 4.30. The zero-order chi connectivity index (χ0) is 9.26. The van der Waals surface area contributed by atoms with Gasteiger partial charge in [-0.2, -0.15) is 0 Å². The Morgan fingerprint density at radius 3 is 2.92 bits per heavy atom. The van der Waals surface area contributed by atoms with Crippen LogP contribution in [0.15, 0.2) is 24.5 Å². The first-order chi connectivity index (χ1) is 6.35. The van der Waals surface area contributed by atoms with Gasteiger partial charge in [0.05, 0.1) is 5.52 Å². The van der Waals surface area contributed by atoms with Crippen molar-refractivity contribution in [2.24, 2.45) is 0 Å². The van der Waals surface area contributed by atoms with Gasteiger partial charge in [0.25, 0.3) is 0 Å².